The van der Waals surface area contributed by atoms with E-state index in [-0.39, 0.29) is 11.6 Å². The van der Waals surface area contributed by atoms with Gasteiger partial charge in [0.2, 0.25) is 5.82 Å². The molecule has 0 aliphatic heterocycles. The third-order valence-corrected chi connectivity index (χ3v) is 5.98. The van der Waals surface area contributed by atoms with E-state index < -0.39 is 0 Å². The van der Waals surface area contributed by atoms with Crippen LogP contribution in [0.3, 0.4) is 0 Å². The summed E-state index contributed by atoms with van der Waals surface area (Å²) in [6.07, 6.45) is 0. The second-order valence-electron chi connectivity index (χ2n) is 8.39. The van der Waals surface area contributed by atoms with E-state index in [2.05, 4.69) is 32.0 Å². The average Bonchev–Trinajstić information content (AvgIpc) is 3.41. The minimum absolute atomic E-state index is 0.126. The van der Waals surface area contributed by atoms with Gasteiger partial charge in [-0.3, -0.25) is 9.36 Å². The lowest BCUT2D eigenvalue weighted by atomic mass is 10.00. The SMILES string of the molecule is Cc1cc([C@@H](C)Nc2ccccc2-c2nn[nH]n2)c2nc(-c3ccc(C#N)cc3)n(C)c(=O)c2c1. The average molecular weight is 463 g/mol. The molecule has 9 heteroatoms. The van der Waals surface area contributed by atoms with Gasteiger partial charge in [0.15, 0.2) is 0 Å². The van der Waals surface area contributed by atoms with Crippen LogP contribution in [0.4, 0.5) is 5.69 Å². The monoisotopic (exact) mass is 462 g/mol. The normalized spacial score (nSPS) is 11.8. The third kappa shape index (κ3) is 4.02. The predicted octanol–water partition coefficient (Wildman–Crippen LogP) is 4.13. The van der Waals surface area contributed by atoms with Crippen molar-refractivity contribution in [3.63, 3.8) is 0 Å². The molecular formula is C26H22N8O. The molecule has 0 amide bonds. The number of hydrogen-bond acceptors (Lipinski definition) is 7. The quantitative estimate of drug-likeness (QED) is 0.402. The smallest absolute Gasteiger partial charge is 0.261 e. The maximum atomic E-state index is 13.4. The molecule has 0 spiro atoms. The topological polar surface area (TPSA) is 125 Å². The largest absolute Gasteiger partial charge is 0.378 e. The number of hydrogen-bond donors (Lipinski definition) is 2. The fourth-order valence-electron chi connectivity index (χ4n) is 4.23. The number of tetrazole rings is 1. The Kier molecular flexibility index (Phi) is 5.55. The molecule has 0 saturated carbocycles. The Morgan fingerprint density at radius 1 is 1.11 bits per heavy atom. The maximum Gasteiger partial charge on any atom is 0.261 e. The van der Waals surface area contributed by atoms with Crippen molar-refractivity contribution in [3.8, 4) is 28.8 Å². The lowest BCUT2D eigenvalue weighted by Crippen LogP contribution is -2.21. The summed E-state index contributed by atoms with van der Waals surface area (Å²) in [5, 5.41) is 27.6. The van der Waals surface area contributed by atoms with E-state index in [0.717, 1.165) is 27.9 Å². The van der Waals surface area contributed by atoms with Crippen LogP contribution in [0.1, 0.15) is 29.7 Å². The van der Waals surface area contributed by atoms with Gasteiger partial charge in [0.1, 0.15) is 5.82 Å². The van der Waals surface area contributed by atoms with Gasteiger partial charge in [-0.15, -0.1) is 10.2 Å². The van der Waals surface area contributed by atoms with Crippen molar-refractivity contribution in [2.24, 2.45) is 7.05 Å². The second-order valence-corrected chi connectivity index (χ2v) is 8.39. The molecular weight excluding hydrogens is 440 g/mol. The molecule has 0 radical (unpaired) electrons. The highest BCUT2D eigenvalue weighted by atomic mass is 16.1. The van der Waals surface area contributed by atoms with Gasteiger partial charge in [-0.05, 0) is 67.1 Å². The molecule has 0 bridgehead atoms. The molecule has 2 N–H and O–H groups in total. The number of aromatic nitrogens is 6. The standard InChI is InChI=1S/C26H22N8O/c1-15-12-20(16(2)28-22-7-5-4-6-19(22)24-30-32-33-31-24)23-21(13-15)26(35)34(3)25(29-23)18-10-8-17(14-27)9-11-18/h4-13,16,28H,1-3H3,(H,30,31,32,33)/t16-/m1/s1. The maximum absolute atomic E-state index is 13.4. The van der Waals surface area contributed by atoms with Gasteiger partial charge < -0.3 is 5.32 Å². The first-order chi connectivity index (χ1) is 17.0. The molecule has 0 aliphatic rings. The summed E-state index contributed by atoms with van der Waals surface area (Å²) in [5.41, 5.74) is 5.34. The Labute approximate surface area is 201 Å². The zero-order valence-electron chi connectivity index (χ0n) is 19.4. The Bertz CT molecular complexity index is 1630. The van der Waals surface area contributed by atoms with E-state index in [0.29, 0.717) is 28.1 Å². The summed E-state index contributed by atoms with van der Waals surface area (Å²) in [6, 6.07) is 20.6. The summed E-state index contributed by atoms with van der Waals surface area (Å²) < 4.78 is 1.55. The zero-order valence-corrected chi connectivity index (χ0v) is 19.4. The van der Waals surface area contributed by atoms with Crippen molar-refractivity contribution in [1.29, 1.82) is 5.26 Å². The van der Waals surface area contributed by atoms with Gasteiger partial charge in [0.25, 0.3) is 5.56 Å². The molecule has 172 valence electrons. The van der Waals surface area contributed by atoms with Crippen molar-refractivity contribution in [1.82, 2.24) is 30.2 Å². The number of nitriles is 1. The molecule has 2 heterocycles. The molecule has 1 atom stereocenters. The summed E-state index contributed by atoms with van der Waals surface area (Å²) in [6.45, 7) is 4.00. The first-order valence-electron chi connectivity index (χ1n) is 11.1. The first-order valence-corrected chi connectivity index (χ1v) is 11.1. The van der Waals surface area contributed by atoms with Crippen LogP contribution in [0.5, 0.6) is 0 Å². The van der Waals surface area contributed by atoms with E-state index in [1.807, 2.05) is 62.4 Å². The molecule has 5 rings (SSSR count). The highest BCUT2D eigenvalue weighted by Crippen LogP contribution is 2.31. The van der Waals surface area contributed by atoms with Gasteiger partial charge in [-0.1, -0.05) is 18.2 Å². The molecule has 0 saturated heterocycles. The van der Waals surface area contributed by atoms with E-state index in [9.17, 15) is 4.79 Å². The number of benzene rings is 3. The molecule has 0 fully saturated rings. The van der Waals surface area contributed by atoms with Crippen LogP contribution in [0.25, 0.3) is 33.7 Å². The summed E-state index contributed by atoms with van der Waals surface area (Å²) >= 11 is 0. The van der Waals surface area contributed by atoms with Crippen LogP contribution in [-0.4, -0.2) is 30.2 Å². The predicted molar refractivity (Wildman–Crippen MR) is 134 cm³/mol. The lowest BCUT2D eigenvalue weighted by Gasteiger charge is -2.20. The number of fused-ring (bicyclic) bond motifs is 1. The fraction of sp³-hybridized carbons (Fsp3) is 0.154. The third-order valence-electron chi connectivity index (χ3n) is 5.98. The summed E-state index contributed by atoms with van der Waals surface area (Å²) in [7, 11) is 1.72. The van der Waals surface area contributed by atoms with Crippen molar-refractivity contribution in [2.75, 3.05) is 5.32 Å². The zero-order chi connectivity index (χ0) is 24.5. The number of anilines is 1. The summed E-state index contributed by atoms with van der Waals surface area (Å²) in [4.78, 5) is 18.3. The van der Waals surface area contributed by atoms with E-state index in [1.165, 1.54) is 0 Å². The number of para-hydroxylation sites is 1. The Morgan fingerprint density at radius 3 is 2.60 bits per heavy atom. The van der Waals surface area contributed by atoms with Gasteiger partial charge in [0.05, 0.1) is 28.6 Å². The minimum Gasteiger partial charge on any atom is -0.378 e. The molecule has 0 unspecified atom stereocenters. The molecule has 35 heavy (non-hydrogen) atoms. The molecule has 3 aromatic carbocycles. The fourth-order valence-corrected chi connectivity index (χ4v) is 4.23. The van der Waals surface area contributed by atoms with Gasteiger partial charge in [-0.25, -0.2) is 4.98 Å². The van der Waals surface area contributed by atoms with Crippen LogP contribution >= 0.6 is 0 Å². The van der Waals surface area contributed by atoms with Crippen LogP contribution in [0.2, 0.25) is 0 Å². The van der Waals surface area contributed by atoms with Crippen LogP contribution in [0, 0.1) is 18.3 Å². The van der Waals surface area contributed by atoms with Crippen LogP contribution in [0.15, 0.2) is 65.5 Å². The van der Waals surface area contributed by atoms with E-state index in [4.69, 9.17) is 10.2 Å². The summed E-state index contributed by atoms with van der Waals surface area (Å²) in [5.74, 6) is 1.03. The molecule has 2 aromatic heterocycles. The second kappa shape index (κ2) is 8.83. The first kappa shape index (κ1) is 22.0. The Morgan fingerprint density at radius 2 is 1.89 bits per heavy atom. The van der Waals surface area contributed by atoms with E-state index >= 15 is 0 Å². The Hall–Kier alpha value is -4.84. The highest BCUT2D eigenvalue weighted by Gasteiger charge is 2.19. The van der Waals surface area contributed by atoms with Gasteiger partial charge in [0, 0.05) is 29.4 Å². The Balaban J connectivity index is 1.63. The number of nitrogens with zero attached hydrogens (tertiary/aromatic N) is 6. The van der Waals surface area contributed by atoms with Crippen molar-refractivity contribution >= 4 is 16.6 Å². The van der Waals surface area contributed by atoms with Crippen LogP contribution in [-0.2, 0) is 7.05 Å². The lowest BCUT2D eigenvalue weighted by molar-refractivity contribution is 0.845. The number of nitrogens with one attached hydrogen (secondary N) is 2. The van der Waals surface area contributed by atoms with E-state index in [1.54, 1.807) is 23.7 Å². The molecule has 0 aliphatic carbocycles. The van der Waals surface area contributed by atoms with Crippen LogP contribution < -0.4 is 10.9 Å². The van der Waals surface area contributed by atoms with Gasteiger partial charge >= 0.3 is 0 Å². The number of aromatic amines is 1. The van der Waals surface area contributed by atoms with Crippen molar-refractivity contribution in [2.45, 2.75) is 19.9 Å². The highest BCUT2D eigenvalue weighted by molar-refractivity contribution is 5.85. The van der Waals surface area contributed by atoms with Gasteiger partial charge in [-0.2, -0.15) is 10.5 Å². The molecule has 9 nitrogen and oxygen atoms in total. The number of rotatable bonds is 5. The minimum atomic E-state index is -0.182. The molecule has 5 aromatic rings. The van der Waals surface area contributed by atoms with Crippen molar-refractivity contribution < 1.29 is 0 Å². The number of H-pyrrole nitrogens is 1. The number of aryl methyl sites for hydroxylation is 1. The van der Waals surface area contributed by atoms with Crippen molar-refractivity contribution in [3.05, 3.63) is 87.7 Å².